The van der Waals surface area contributed by atoms with Crippen LogP contribution in [0.2, 0.25) is 0 Å². The second-order valence-electron chi connectivity index (χ2n) is 6.38. The molecule has 3 rings (SSSR count). The smallest absolute Gasteiger partial charge is 0.255 e. The average Bonchev–Trinajstić information content (AvgIpc) is 2.70. The van der Waals surface area contributed by atoms with Crippen LogP contribution in [0.15, 0.2) is 48.5 Å². The summed E-state index contributed by atoms with van der Waals surface area (Å²) in [5, 5.41) is 2.81. The highest BCUT2D eigenvalue weighted by molar-refractivity contribution is 7.88. The number of anilines is 1. The summed E-state index contributed by atoms with van der Waals surface area (Å²) >= 11 is 0. The van der Waals surface area contributed by atoms with E-state index in [0.29, 0.717) is 49.7 Å². The fourth-order valence-corrected chi connectivity index (χ4v) is 4.39. The minimum Gasteiger partial charge on any atom is -0.494 e. The first-order chi connectivity index (χ1) is 13.5. The van der Waals surface area contributed by atoms with Gasteiger partial charge in [-0.2, -0.15) is 4.31 Å². The van der Waals surface area contributed by atoms with Crippen molar-refractivity contribution in [1.82, 2.24) is 4.31 Å². The SMILES string of the molecule is CCOc1ccc(NC(=O)c2ccc(CS(=O)(=O)N3CCOCC3)cc2)cc1. The largest absolute Gasteiger partial charge is 0.494 e. The summed E-state index contributed by atoms with van der Waals surface area (Å²) in [6.45, 7) is 4.09. The highest BCUT2D eigenvalue weighted by Crippen LogP contribution is 2.17. The number of sulfonamides is 1. The van der Waals surface area contributed by atoms with Crippen molar-refractivity contribution >= 4 is 21.6 Å². The van der Waals surface area contributed by atoms with E-state index in [9.17, 15) is 13.2 Å². The summed E-state index contributed by atoms with van der Waals surface area (Å²) < 4.78 is 37.0. The normalized spacial score (nSPS) is 15.2. The summed E-state index contributed by atoms with van der Waals surface area (Å²) in [6.07, 6.45) is 0. The maximum Gasteiger partial charge on any atom is 0.255 e. The van der Waals surface area contributed by atoms with Crippen LogP contribution in [-0.4, -0.2) is 51.5 Å². The van der Waals surface area contributed by atoms with E-state index in [0.717, 1.165) is 5.75 Å². The molecular weight excluding hydrogens is 380 g/mol. The Morgan fingerprint density at radius 1 is 1.07 bits per heavy atom. The maximum atomic E-state index is 12.5. The Bertz CT molecular complexity index is 889. The van der Waals surface area contributed by atoms with Crippen LogP contribution in [0.5, 0.6) is 5.75 Å². The molecule has 2 aromatic rings. The van der Waals surface area contributed by atoms with E-state index in [1.807, 2.05) is 6.92 Å². The van der Waals surface area contributed by atoms with Crippen molar-refractivity contribution in [2.45, 2.75) is 12.7 Å². The standard InChI is InChI=1S/C20H24N2O5S/c1-2-27-19-9-7-18(8-10-19)21-20(23)17-5-3-16(4-6-17)15-28(24,25)22-11-13-26-14-12-22/h3-10H,2,11-15H2,1H3,(H,21,23). The van der Waals surface area contributed by atoms with E-state index < -0.39 is 10.0 Å². The molecule has 0 atom stereocenters. The first kappa shape index (κ1) is 20.3. The lowest BCUT2D eigenvalue weighted by atomic mass is 10.1. The molecular formula is C20H24N2O5S. The van der Waals surface area contributed by atoms with Crippen molar-refractivity contribution in [3.63, 3.8) is 0 Å². The Morgan fingerprint density at radius 3 is 2.32 bits per heavy atom. The molecule has 0 aromatic heterocycles. The molecule has 8 heteroatoms. The van der Waals surface area contributed by atoms with Crippen LogP contribution in [0, 0.1) is 0 Å². The molecule has 0 radical (unpaired) electrons. The third-order valence-electron chi connectivity index (χ3n) is 4.35. The molecule has 1 aliphatic rings. The number of morpholine rings is 1. The molecule has 0 bridgehead atoms. The van der Waals surface area contributed by atoms with Gasteiger partial charge < -0.3 is 14.8 Å². The van der Waals surface area contributed by atoms with E-state index in [1.54, 1.807) is 48.5 Å². The highest BCUT2D eigenvalue weighted by atomic mass is 32.2. The van der Waals surface area contributed by atoms with Gasteiger partial charge in [0.2, 0.25) is 10.0 Å². The Balaban J connectivity index is 1.60. The van der Waals surface area contributed by atoms with Crippen LogP contribution in [0.4, 0.5) is 5.69 Å². The van der Waals surface area contributed by atoms with Crippen molar-refractivity contribution in [1.29, 1.82) is 0 Å². The molecule has 150 valence electrons. The number of nitrogens with one attached hydrogen (secondary N) is 1. The van der Waals surface area contributed by atoms with E-state index in [-0.39, 0.29) is 11.7 Å². The molecule has 1 heterocycles. The van der Waals surface area contributed by atoms with E-state index >= 15 is 0 Å². The lowest BCUT2D eigenvalue weighted by Gasteiger charge is -2.26. The molecule has 0 unspecified atom stereocenters. The monoisotopic (exact) mass is 404 g/mol. The lowest BCUT2D eigenvalue weighted by Crippen LogP contribution is -2.41. The number of nitrogens with zero attached hydrogens (tertiary/aromatic N) is 1. The lowest BCUT2D eigenvalue weighted by molar-refractivity contribution is 0.0729. The molecule has 2 aromatic carbocycles. The minimum atomic E-state index is -3.39. The molecule has 1 saturated heterocycles. The highest BCUT2D eigenvalue weighted by Gasteiger charge is 2.24. The molecule has 1 aliphatic heterocycles. The average molecular weight is 404 g/mol. The van der Waals surface area contributed by atoms with Gasteiger partial charge in [-0.05, 0) is 48.9 Å². The molecule has 1 amide bonds. The summed E-state index contributed by atoms with van der Waals surface area (Å²) in [5.74, 6) is 0.395. The van der Waals surface area contributed by atoms with Gasteiger partial charge in [0.05, 0.1) is 25.6 Å². The Morgan fingerprint density at radius 2 is 1.71 bits per heavy atom. The summed E-state index contributed by atoms with van der Waals surface area (Å²) in [4.78, 5) is 12.4. The van der Waals surface area contributed by atoms with Crippen LogP contribution in [0.1, 0.15) is 22.8 Å². The molecule has 0 saturated carbocycles. The van der Waals surface area contributed by atoms with Gasteiger partial charge in [-0.3, -0.25) is 4.79 Å². The molecule has 1 N–H and O–H groups in total. The summed E-state index contributed by atoms with van der Waals surface area (Å²) in [7, 11) is -3.39. The number of hydrogen-bond donors (Lipinski definition) is 1. The van der Waals surface area contributed by atoms with Gasteiger partial charge in [-0.25, -0.2) is 8.42 Å². The number of rotatable bonds is 7. The van der Waals surface area contributed by atoms with Crippen LogP contribution in [-0.2, 0) is 20.5 Å². The van der Waals surface area contributed by atoms with Gasteiger partial charge >= 0.3 is 0 Å². The third-order valence-corrected chi connectivity index (χ3v) is 6.20. The third kappa shape index (κ3) is 5.31. The number of carbonyl (C=O) groups is 1. The second-order valence-corrected chi connectivity index (χ2v) is 8.34. The van der Waals surface area contributed by atoms with Crippen molar-refractivity contribution in [3.05, 3.63) is 59.7 Å². The van der Waals surface area contributed by atoms with Crippen molar-refractivity contribution in [2.75, 3.05) is 38.2 Å². The zero-order valence-corrected chi connectivity index (χ0v) is 16.6. The van der Waals surface area contributed by atoms with Gasteiger partial charge in [0.1, 0.15) is 5.75 Å². The van der Waals surface area contributed by atoms with Crippen LogP contribution in [0.25, 0.3) is 0 Å². The first-order valence-corrected chi connectivity index (χ1v) is 10.8. The molecule has 0 aliphatic carbocycles. The maximum absolute atomic E-state index is 12.5. The van der Waals surface area contributed by atoms with Gasteiger partial charge in [0, 0.05) is 24.3 Å². The zero-order chi connectivity index (χ0) is 20.0. The minimum absolute atomic E-state index is 0.0895. The number of amides is 1. The van der Waals surface area contributed by atoms with Crippen molar-refractivity contribution in [3.8, 4) is 5.75 Å². The number of carbonyl (C=O) groups excluding carboxylic acids is 1. The predicted octanol–water partition coefficient (Wildman–Crippen LogP) is 2.50. The number of ether oxygens (including phenoxy) is 2. The van der Waals surface area contributed by atoms with Crippen molar-refractivity contribution in [2.24, 2.45) is 0 Å². The first-order valence-electron chi connectivity index (χ1n) is 9.16. The van der Waals surface area contributed by atoms with Gasteiger partial charge in [-0.1, -0.05) is 12.1 Å². The van der Waals surface area contributed by atoms with Gasteiger partial charge in [0.15, 0.2) is 0 Å². The Hall–Kier alpha value is -2.42. The zero-order valence-electron chi connectivity index (χ0n) is 15.8. The molecule has 0 spiro atoms. The molecule has 28 heavy (non-hydrogen) atoms. The Kier molecular flexibility index (Phi) is 6.66. The predicted molar refractivity (Wildman–Crippen MR) is 107 cm³/mol. The summed E-state index contributed by atoms with van der Waals surface area (Å²) in [5.41, 5.74) is 1.76. The summed E-state index contributed by atoms with van der Waals surface area (Å²) in [6, 6.07) is 13.7. The van der Waals surface area contributed by atoms with Crippen LogP contribution < -0.4 is 10.1 Å². The van der Waals surface area contributed by atoms with Crippen molar-refractivity contribution < 1.29 is 22.7 Å². The number of benzene rings is 2. The van der Waals surface area contributed by atoms with E-state index in [4.69, 9.17) is 9.47 Å². The van der Waals surface area contributed by atoms with Gasteiger partial charge in [0.25, 0.3) is 5.91 Å². The van der Waals surface area contributed by atoms with Crippen LogP contribution >= 0.6 is 0 Å². The molecule has 1 fully saturated rings. The van der Waals surface area contributed by atoms with E-state index in [1.165, 1.54) is 4.31 Å². The van der Waals surface area contributed by atoms with Crippen LogP contribution in [0.3, 0.4) is 0 Å². The quantitative estimate of drug-likeness (QED) is 0.766. The second kappa shape index (κ2) is 9.18. The molecule has 7 nitrogen and oxygen atoms in total. The van der Waals surface area contributed by atoms with Gasteiger partial charge in [-0.15, -0.1) is 0 Å². The fraction of sp³-hybridized carbons (Fsp3) is 0.350. The topological polar surface area (TPSA) is 84.9 Å². The number of hydrogen-bond acceptors (Lipinski definition) is 5. The fourth-order valence-electron chi connectivity index (χ4n) is 2.88. The Labute approximate surface area is 165 Å². The van der Waals surface area contributed by atoms with E-state index in [2.05, 4.69) is 5.32 Å².